The minimum absolute atomic E-state index is 0.0147. The lowest BCUT2D eigenvalue weighted by molar-refractivity contribution is 0.669. The number of hydrogen-bond acceptors (Lipinski definition) is 5. The Balaban J connectivity index is 1.09. The first-order valence-electron chi connectivity index (χ1n) is 19.0. The molecule has 0 N–H and O–H groups in total. The van der Waals surface area contributed by atoms with E-state index in [9.17, 15) is 0 Å². The van der Waals surface area contributed by atoms with Gasteiger partial charge in [0.2, 0.25) is 0 Å². The number of rotatable bonds is 4. The second kappa shape index (κ2) is 10.9. The number of hydrogen-bond donors (Lipinski definition) is 0. The molecule has 11 aromatic rings. The zero-order valence-electron chi connectivity index (χ0n) is 31.7. The van der Waals surface area contributed by atoms with Gasteiger partial charge in [-0.15, -0.1) is 11.3 Å². The summed E-state index contributed by atoms with van der Waals surface area (Å²) in [6, 6.07) is 40.9. The standard InChI is InChI=1S/C45H26N4OS/c1-3-11-27(12-4-1)43-46-44(28-13-5-2-6-14-28)48-45(47-43)29-19-21-31-34-26-30(20-23-37(34)50-38(31)25-29)49-35-17-9-7-15-32(35)41-36(49)22-24-40-42(41)33-16-8-10-18-39(33)51-40/h1-26H/i1D,3D,4D,11D,12D. The summed E-state index contributed by atoms with van der Waals surface area (Å²) < 4.78 is 53.2. The van der Waals surface area contributed by atoms with E-state index in [1.807, 2.05) is 65.9 Å². The van der Waals surface area contributed by atoms with Crippen molar-refractivity contribution in [3.8, 4) is 39.9 Å². The average molecular weight is 676 g/mol. The number of thiophene rings is 1. The summed E-state index contributed by atoms with van der Waals surface area (Å²) in [5, 5.41) is 6.87. The van der Waals surface area contributed by atoms with Gasteiger partial charge in [-0.05, 0) is 54.6 Å². The van der Waals surface area contributed by atoms with E-state index in [1.54, 1.807) is 0 Å². The molecule has 6 heteroatoms. The fourth-order valence-corrected chi connectivity index (χ4v) is 8.40. The number of nitrogens with zero attached hydrogens (tertiary/aromatic N) is 4. The van der Waals surface area contributed by atoms with Gasteiger partial charge in [-0.25, -0.2) is 15.0 Å². The van der Waals surface area contributed by atoms with E-state index in [2.05, 4.69) is 82.3 Å². The topological polar surface area (TPSA) is 56.7 Å². The summed E-state index contributed by atoms with van der Waals surface area (Å²) in [7, 11) is 0. The first kappa shape index (κ1) is 23.7. The molecule has 0 unspecified atom stereocenters. The molecule has 7 aromatic carbocycles. The molecule has 4 heterocycles. The second-order valence-electron chi connectivity index (χ2n) is 12.4. The highest BCUT2D eigenvalue weighted by molar-refractivity contribution is 7.26. The van der Waals surface area contributed by atoms with Gasteiger partial charge >= 0.3 is 0 Å². The van der Waals surface area contributed by atoms with Crippen molar-refractivity contribution in [2.24, 2.45) is 0 Å². The largest absolute Gasteiger partial charge is 0.456 e. The summed E-state index contributed by atoms with van der Waals surface area (Å²) in [6.07, 6.45) is 0. The predicted molar refractivity (Wildman–Crippen MR) is 211 cm³/mol. The molecule has 238 valence electrons. The van der Waals surface area contributed by atoms with Crippen LogP contribution in [0.15, 0.2) is 162 Å². The second-order valence-corrected chi connectivity index (χ2v) is 13.5. The van der Waals surface area contributed by atoms with Crippen LogP contribution < -0.4 is 0 Å². The van der Waals surface area contributed by atoms with Crippen molar-refractivity contribution in [2.45, 2.75) is 0 Å². The van der Waals surface area contributed by atoms with Crippen LogP contribution in [-0.4, -0.2) is 19.5 Å². The summed E-state index contributed by atoms with van der Waals surface area (Å²) >= 11 is 1.82. The maximum absolute atomic E-state index is 8.62. The monoisotopic (exact) mass is 675 g/mol. The fraction of sp³-hybridized carbons (Fsp3) is 0. The van der Waals surface area contributed by atoms with Crippen LogP contribution in [0.25, 0.3) is 104 Å². The van der Waals surface area contributed by atoms with E-state index in [4.69, 9.17) is 21.2 Å². The van der Waals surface area contributed by atoms with Crippen LogP contribution in [-0.2, 0) is 0 Å². The molecule has 0 bridgehead atoms. The number of fused-ring (bicyclic) bond motifs is 10. The van der Waals surface area contributed by atoms with Gasteiger partial charge in [-0.2, -0.15) is 0 Å². The zero-order chi connectivity index (χ0) is 37.8. The van der Waals surface area contributed by atoms with Crippen molar-refractivity contribution >= 4 is 75.3 Å². The quantitative estimate of drug-likeness (QED) is 0.186. The van der Waals surface area contributed by atoms with Gasteiger partial charge in [0.25, 0.3) is 0 Å². The lowest BCUT2D eigenvalue weighted by atomic mass is 10.1. The Morgan fingerprint density at radius 3 is 2.10 bits per heavy atom. The minimum atomic E-state index is -0.480. The van der Waals surface area contributed by atoms with Crippen LogP contribution in [0.2, 0.25) is 0 Å². The van der Waals surface area contributed by atoms with Crippen LogP contribution in [0.3, 0.4) is 0 Å². The van der Waals surface area contributed by atoms with E-state index >= 15 is 0 Å². The molecular weight excluding hydrogens is 645 g/mol. The van der Waals surface area contributed by atoms with Crippen molar-refractivity contribution < 1.29 is 11.3 Å². The Hall–Kier alpha value is -6.63. The molecule has 0 amide bonds. The van der Waals surface area contributed by atoms with E-state index < -0.39 is 18.1 Å². The van der Waals surface area contributed by atoms with Crippen LogP contribution in [0.4, 0.5) is 0 Å². The van der Waals surface area contributed by atoms with Gasteiger partial charge in [0.1, 0.15) is 11.2 Å². The molecule has 4 aromatic heterocycles. The van der Waals surface area contributed by atoms with Gasteiger partial charge in [0, 0.05) is 64.1 Å². The first-order chi connectivity index (χ1) is 27.3. The Bertz CT molecular complexity index is 3420. The molecule has 0 fully saturated rings. The number of benzene rings is 7. The van der Waals surface area contributed by atoms with Gasteiger partial charge in [-0.3, -0.25) is 0 Å². The first-order valence-corrected chi connectivity index (χ1v) is 17.3. The molecule has 0 saturated heterocycles. The van der Waals surface area contributed by atoms with Gasteiger partial charge < -0.3 is 8.98 Å². The Morgan fingerprint density at radius 2 is 1.24 bits per heavy atom. The van der Waals surface area contributed by atoms with Gasteiger partial charge in [0.15, 0.2) is 17.5 Å². The molecule has 11 rings (SSSR count). The molecule has 0 aliphatic rings. The van der Waals surface area contributed by atoms with E-state index in [0.717, 1.165) is 33.1 Å². The third-order valence-corrected chi connectivity index (χ3v) is 10.7. The lowest BCUT2D eigenvalue weighted by Gasteiger charge is -2.08. The Labute approximate surface area is 302 Å². The molecule has 0 atom stereocenters. The van der Waals surface area contributed by atoms with Crippen molar-refractivity contribution in [1.82, 2.24) is 19.5 Å². The molecule has 5 nitrogen and oxygen atoms in total. The van der Waals surface area contributed by atoms with Crippen LogP contribution >= 0.6 is 11.3 Å². The molecule has 0 aliphatic carbocycles. The SMILES string of the molecule is [2H]c1c([2H])c([2H])c(-c2nc(-c3ccccc3)nc(-c3ccc4c(c3)oc3ccc(-n5c6ccccc6c6c7c(ccc65)sc5ccccc57)cc34)n2)c([2H])c1[2H]. The lowest BCUT2D eigenvalue weighted by Crippen LogP contribution is -2.00. The summed E-state index contributed by atoms with van der Waals surface area (Å²) in [4.78, 5) is 14.1. The number of aromatic nitrogens is 4. The van der Waals surface area contributed by atoms with E-state index in [0.29, 0.717) is 22.5 Å². The average Bonchev–Trinajstić information content (AvgIpc) is 3.91. The molecule has 0 saturated carbocycles. The summed E-state index contributed by atoms with van der Waals surface area (Å²) in [6.45, 7) is 0. The van der Waals surface area contributed by atoms with Crippen LogP contribution in [0, 0.1) is 0 Å². The third-order valence-electron chi connectivity index (χ3n) is 9.54. The van der Waals surface area contributed by atoms with Crippen molar-refractivity contribution in [1.29, 1.82) is 0 Å². The molecular formula is C45H26N4OS. The normalized spacial score (nSPS) is 13.3. The Kier molecular flexibility index (Phi) is 5.08. The number of para-hydroxylation sites is 1. The van der Waals surface area contributed by atoms with Gasteiger partial charge in [0.05, 0.1) is 17.9 Å². The van der Waals surface area contributed by atoms with Crippen LogP contribution in [0.5, 0.6) is 0 Å². The van der Waals surface area contributed by atoms with Gasteiger partial charge in [-0.1, -0.05) is 103 Å². The minimum Gasteiger partial charge on any atom is -0.456 e. The highest BCUT2D eigenvalue weighted by Gasteiger charge is 2.19. The molecule has 0 aliphatic heterocycles. The van der Waals surface area contributed by atoms with E-state index in [1.165, 1.54) is 30.9 Å². The van der Waals surface area contributed by atoms with Crippen molar-refractivity contribution in [3.05, 3.63) is 158 Å². The summed E-state index contributed by atoms with van der Waals surface area (Å²) in [5.74, 6) is 0.575. The van der Waals surface area contributed by atoms with E-state index in [-0.39, 0.29) is 29.3 Å². The maximum atomic E-state index is 8.62. The fourth-order valence-electron chi connectivity index (χ4n) is 7.29. The molecule has 51 heavy (non-hydrogen) atoms. The maximum Gasteiger partial charge on any atom is 0.164 e. The van der Waals surface area contributed by atoms with Crippen LogP contribution in [0.1, 0.15) is 6.85 Å². The summed E-state index contributed by atoms with van der Waals surface area (Å²) in [5.41, 5.74) is 5.87. The van der Waals surface area contributed by atoms with Crippen molar-refractivity contribution in [2.75, 3.05) is 0 Å². The smallest absolute Gasteiger partial charge is 0.164 e. The highest BCUT2D eigenvalue weighted by atomic mass is 32.1. The highest BCUT2D eigenvalue weighted by Crippen LogP contribution is 2.44. The molecule has 0 radical (unpaired) electrons. The predicted octanol–water partition coefficient (Wildman–Crippen LogP) is 12.2. The van der Waals surface area contributed by atoms with Crippen molar-refractivity contribution in [3.63, 3.8) is 0 Å². The molecule has 0 spiro atoms. The Morgan fingerprint density at radius 1 is 0.490 bits per heavy atom. The third kappa shape index (κ3) is 4.37. The number of furan rings is 1. The zero-order valence-corrected chi connectivity index (χ0v) is 27.5.